The predicted molar refractivity (Wildman–Crippen MR) is 150 cm³/mol. The minimum atomic E-state index is -0.0848. The van der Waals surface area contributed by atoms with E-state index in [2.05, 4.69) is 84.9 Å². The maximum atomic E-state index is 5.92. The first-order valence-electron chi connectivity index (χ1n) is 12.4. The Labute approximate surface area is 218 Å². The van der Waals surface area contributed by atoms with E-state index in [1.54, 1.807) is 0 Å². The van der Waals surface area contributed by atoms with Crippen LogP contribution in [0.1, 0.15) is 52.8 Å². The van der Waals surface area contributed by atoms with Gasteiger partial charge < -0.3 is 19.5 Å². The molecule has 2 aromatic carbocycles. The minimum Gasteiger partial charge on any atom is -0.494 e. The normalized spacial score (nSPS) is 17.4. The highest BCUT2D eigenvalue weighted by Gasteiger charge is 2.42. The molecule has 1 fully saturated rings. The first kappa shape index (κ1) is 24.1. The van der Waals surface area contributed by atoms with Crippen molar-refractivity contribution in [3.63, 3.8) is 0 Å². The fourth-order valence-electron chi connectivity index (χ4n) is 5.38. The van der Waals surface area contributed by atoms with E-state index in [9.17, 15) is 0 Å². The van der Waals surface area contributed by atoms with Crippen LogP contribution in [0.3, 0.4) is 0 Å². The highest BCUT2D eigenvalue weighted by Crippen LogP contribution is 2.44. The standard InChI is InChI=1S/C30H32N4OS/c1-6-35-25-12-10-23(11-13-25)34-29(28(32-30(34)36)27-9-7-8-14-31-27)26-18-21(4)33(22(26)5)24-16-19(2)15-20(3)17-24/h7-18,28-29H,6H2,1-5H3,(H,32,36)/t28-,29-/m0/s1. The van der Waals surface area contributed by atoms with Gasteiger partial charge in [-0.3, -0.25) is 4.98 Å². The lowest BCUT2D eigenvalue weighted by Crippen LogP contribution is -2.29. The highest BCUT2D eigenvalue weighted by atomic mass is 32.1. The average Bonchev–Trinajstić information content (AvgIpc) is 3.35. The van der Waals surface area contributed by atoms with E-state index < -0.39 is 0 Å². The van der Waals surface area contributed by atoms with Gasteiger partial charge in [-0.05, 0) is 118 Å². The molecule has 1 aliphatic heterocycles. The number of pyridine rings is 1. The molecule has 1 saturated heterocycles. The Kier molecular flexibility index (Phi) is 6.54. The quantitative estimate of drug-likeness (QED) is 0.302. The molecule has 36 heavy (non-hydrogen) atoms. The van der Waals surface area contributed by atoms with Gasteiger partial charge in [0, 0.05) is 29.0 Å². The number of aryl methyl sites for hydroxylation is 3. The van der Waals surface area contributed by atoms with Crippen molar-refractivity contribution in [2.45, 2.75) is 46.7 Å². The van der Waals surface area contributed by atoms with Crippen molar-refractivity contribution in [3.05, 3.63) is 107 Å². The van der Waals surface area contributed by atoms with Crippen LogP contribution < -0.4 is 15.0 Å². The van der Waals surface area contributed by atoms with E-state index in [1.165, 1.54) is 33.8 Å². The highest BCUT2D eigenvalue weighted by molar-refractivity contribution is 7.80. The molecule has 0 spiro atoms. The second kappa shape index (κ2) is 9.78. The van der Waals surface area contributed by atoms with Crippen molar-refractivity contribution in [1.29, 1.82) is 0 Å². The second-order valence-corrected chi connectivity index (χ2v) is 9.82. The van der Waals surface area contributed by atoms with Crippen LogP contribution >= 0.6 is 12.2 Å². The van der Waals surface area contributed by atoms with Gasteiger partial charge >= 0.3 is 0 Å². The Balaban J connectivity index is 1.65. The van der Waals surface area contributed by atoms with E-state index >= 15 is 0 Å². The number of nitrogens with zero attached hydrogens (tertiary/aromatic N) is 3. The molecular weight excluding hydrogens is 464 g/mol. The Hall–Kier alpha value is -3.64. The van der Waals surface area contributed by atoms with E-state index in [-0.39, 0.29) is 12.1 Å². The molecule has 3 heterocycles. The van der Waals surface area contributed by atoms with Crippen LogP contribution in [0.15, 0.2) is 72.9 Å². The number of aromatic nitrogens is 2. The Morgan fingerprint density at radius 1 is 0.917 bits per heavy atom. The third-order valence-electron chi connectivity index (χ3n) is 6.78. The summed E-state index contributed by atoms with van der Waals surface area (Å²) in [4.78, 5) is 6.92. The van der Waals surface area contributed by atoms with E-state index in [0.717, 1.165) is 17.1 Å². The van der Waals surface area contributed by atoms with Gasteiger partial charge in [0.2, 0.25) is 0 Å². The van der Waals surface area contributed by atoms with Gasteiger partial charge in [0.1, 0.15) is 5.75 Å². The average molecular weight is 497 g/mol. The Bertz CT molecular complexity index is 1370. The predicted octanol–water partition coefficient (Wildman–Crippen LogP) is 6.68. The summed E-state index contributed by atoms with van der Waals surface area (Å²) < 4.78 is 8.03. The second-order valence-electron chi connectivity index (χ2n) is 9.43. The number of thiocarbonyl (C=S) groups is 1. The van der Waals surface area contributed by atoms with Gasteiger partial charge in [-0.1, -0.05) is 12.1 Å². The van der Waals surface area contributed by atoms with Gasteiger partial charge in [-0.25, -0.2) is 0 Å². The monoisotopic (exact) mass is 496 g/mol. The van der Waals surface area contributed by atoms with Crippen LogP contribution in [0.2, 0.25) is 0 Å². The van der Waals surface area contributed by atoms with Crippen LogP contribution in [0.4, 0.5) is 5.69 Å². The molecule has 0 saturated carbocycles. The number of benzene rings is 2. The molecule has 0 bridgehead atoms. The molecule has 2 atom stereocenters. The zero-order chi connectivity index (χ0) is 25.4. The molecule has 0 aliphatic carbocycles. The van der Waals surface area contributed by atoms with Crippen LogP contribution in [0, 0.1) is 27.7 Å². The summed E-state index contributed by atoms with van der Waals surface area (Å²) in [5.74, 6) is 0.852. The summed E-state index contributed by atoms with van der Waals surface area (Å²) in [5.41, 5.74) is 9.30. The smallest absolute Gasteiger partial charge is 0.174 e. The maximum absolute atomic E-state index is 5.92. The van der Waals surface area contributed by atoms with Crippen molar-refractivity contribution in [2.24, 2.45) is 0 Å². The lowest BCUT2D eigenvalue weighted by molar-refractivity contribution is 0.340. The molecule has 2 aromatic heterocycles. The first-order chi connectivity index (χ1) is 17.4. The summed E-state index contributed by atoms with van der Waals surface area (Å²) in [6, 6.07) is 23.1. The molecule has 1 aliphatic rings. The zero-order valence-corrected chi connectivity index (χ0v) is 22.3. The summed E-state index contributed by atoms with van der Waals surface area (Å²) in [6.07, 6.45) is 1.84. The summed E-state index contributed by atoms with van der Waals surface area (Å²) in [5, 5.41) is 4.27. The number of nitrogens with one attached hydrogen (secondary N) is 1. The summed E-state index contributed by atoms with van der Waals surface area (Å²) in [7, 11) is 0. The fourth-order valence-corrected chi connectivity index (χ4v) is 5.73. The topological polar surface area (TPSA) is 42.3 Å². The lowest BCUT2D eigenvalue weighted by atomic mass is 9.96. The molecule has 5 rings (SSSR count). The molecule has 0 radical (unpaired) electrons. The van der Waals surface area contributed by atoms with E-state index in [0.29, 0.717) is 11.7 Å². The molecule has 0 unspecified atom stereocenters. The van der Waals surface area contributed by atoms with Gasteiger partial charge in [0.05, 0.1) is 24.4 Å². The lowest BCUT2D eigenvalue weighted by Gasteiger charge is -2.28. The van der Waals surface area contributed by atoms with Crippen molar-refractivity contribution in [1.82, 2.24) is 14.9 Å². The number of anilines is 1. The van der Waals surface area contributed by atoms with Crippen molar-refractivity contribution < 1.29 is 4.74 Å². The Morgan fingerprint density at radius 3 is 2.28 bits per heavy atom. The number of hydrogen-bond acceptors (Lipinski definition) is 3. The van der Waals surface area contributed by atoms with Gasteiger partial charge in [0.15, 0.2) is 5.11 Å². The van der Waals surface area contributed by atoms with Gasteiger partial charge in [-0.15, -0.1) is 0 Å². The van der Waals surface area contributed by atoms with Crippen molar-refractivity contribution >= 4 is 23.0 Å². The molecule has 184 valence electrons. The van der Waals surface area contributed by atoms with Crippen LogP contribution in [-0.4, -0.2) is 21.3 Å². The molecule has 5 nitrogen and oxygen atoms in total. The molecular formula is C30H32N4OS. The number of ether oxygens (including phenoxy) is 1. The minimum absolute atomic E-state index is 0.0591. The molecule has 4 aromatic rings. The van der Waals surface area contributed by atoms with Gasteiger partial charge in [0.25, 0.3) is 0 Å². The number of hydrogen-bond donors (Lipinski definition) is 1. The molecule has 1 N–H and O–H groups in total. The Morgan fingerprint density at radius 2 is 1.64 bits per heavy atom. The first-order valence-corrected chi connectivity index (χ1v) is 12.8. The maximum Gasteiger partial charge on any atom is 0.174 e. The van der Waals surface area contributed by atoms with E-state index in [1.807, 2.05) is 37.4 Å². The third-order valence-corrected chi connectivity index (χ3v) is 7.09. The van der Waals surface area contributed by atoms with Crippen LogP contribution in [0.25, 0.3) is 5.69 Å². The summed E-state index contributed by atoms with van der Waals surface area (Å²) in [6.45, 7) is 11.3. The SMILES string of the molecule is CCOc1ccc(N2C(=S)N[C@@H](c3ccccn3)[C@@H]2c2cc(C)n(-c3cc(C)cc(C)c3)c2C)cc1. The van der Waals surface area contributed by atoms with Crippen LogP contribution in [-0.2, 0) is 0 Å². The molecule has 0 amide bonds. The van der Waals surface area contributed by atoms with Crippen molar-refractivity contribution in [2.75, 3.05) is 11.5 Å². The van der Waals surface area contributed by atoms with Crippen molar-refractivity contribution in [3.8, 4) is 11.4 Å². The van der Waals surface area contributed by atoms with Crippen LogP contribution in [0.5, 0.6) is 5.75 Å². The molecule has 6 heteroatoms. The zero-order valence-electron chi connectivity index (χ0n) is 21.4. The van der Waals surface area contributed by atoms with E-state index in [4.69, 9.17) is 21.9 Å². The third kappa shape index (κ3) is 4.37. The van der Waals surface area contributed by atoms with Gasteiger partial charge in [-0.2, -0.15) is 0 Å². The number of rotatable bonds is 6. The summed E-state index contributed by atoms with van der Waals surface area (Å²) >= 11 is 5.92. The fraction of sp³-hybridized carbons (Fsp3) is 0.267. The largest absolute Gasteiger partial charge is 0.494 e.